The Balaban J connectivity index is 2.00. The van der Waals surface area contributed by atoms with E-state index >= 15 is 0 Å². The number of halogens is 2. The molecule has 1 saturated heterocycles. The molecule has 6 heteroatoms. The summed E-state index contributed by atoms with van der Waals surface area (Å²) in [5.74, 6) is -0.128. The normalized spacial score (nSPS) is 16.4. The van der Waals surface area contributed by atoms with Crippen molar-refractivity contribution in [2.75, 3.05) is 25.0 Å². The number of nitrogens with one attached hydrogen (secondary N) is 1. The maximum Gasteiger partial charge on any atom is 0.238 e. The van der Waals surface area contributed by atoms with E-state index in [0.29, 0.717) is 22.3 Å². The van der Waals surface area contributed by atoms with E-state index in [4.69, 9.17) is 28.9 Å². The highest BCUT2D eigenvalue weighted by atomic mass is 35.5. The summed E-state index contributed by atoms with van der Waals surface area (Å²) in [6, 6.07) is 3.72. The van der Waals surface area contributed by atoms with Crippen molar-refractivity contribution in [3.8, 4) is 0 Å². The van der Waals surface area contributed by atoms with Crippen molar-refractivity contribution >= 4 is 34.8 Å². The molecular formula is C12H15Cl2N3O. The monoisotopic (exact) mass is 287 g/mol. The average molecular weight is 288 g/mol. The predicted octanol–water partition coefficient (Wildman–Crippen LogP) is 1.88. The molecule has 0 spiro atoms. The van der Waals surface area contributed by atoms with Gasteiger partial charge in [0, 0.05) is 19.1 Å². The molecule has 0 aromatic heterocycles. The number of nitrogens with zero attached hydrogens (tertiary/aromatic N) is 1. The fourth-order valence-electron chi connectivity index (χ4n) is 1.89. The largest absolute Gasteiger partial charge is 0.325 e. The Morgan fingerprint density at radius 2 is 2.17 bits per heavy atom. The van der Waals surface area contributed by atoms with Crippen molar-refractivity contribution in [1.82, 2.24) is 4.90 Å². The van der Waals surface area contributed by atoms with Crippen molar-refractivity contribution < 1.29 is 4.79 Å². The van der Waals surface area contributed by atoms with E-state index in [2.05, 4.69) is 5.32 Å². The summed E-state index contributed by atoms with van der Waals surface area (Å²) in [6.45, 7) is 3.68. The molecule has 1 aliphatic heterocycles. The SMILES string of the molecule is Cc1ccc(Cl)c(NC(=O)CN2CC(N)C2)c1Cl. The third-order valence-electron chi connectivity index (χ3n) is 2.90. The second-order valence-corrected chi connectivity index (χ2v) is 5.34. The molecule has 3 N–H and O–H groups in total. The van der Waals surface area contributed by atoms with E-state index < -0.39 is 0 Å². The molecule has 18 heavy (non-hydrogen) atoms. The number of hydrogen-bond acceptors (Lipinski definition) is 3. The summed E-state index contributed by atoms with van der Waals surface area (Å²) in [4.78, 5) is 13.8. The molecule has 1 aromatic carbocycles. The first-order chi connectivity index (χ1) is 8.47. The van der Waals surface area contributed by atoms with Crippen LogP contribution in [0.3, 0.4) is 0 Å². The van der Waals surface area contributed by atoms with Crippen LogP contribution in [0.2, 0.25) is 10.0 Å². The molecule has 0 unspecified atom stereocenters. The minimum absolute atomic E-state index is 0.128. The van der Waals surface area contributed by atoms with Crippen molar-refractivity contribution in [3.63, 3.8) is 0 Å². The van der Waals surface area contributed by atoms with Gasteiger partial charge in [0.2, 0.25) is 5.91 Å². The van der Waals surface area contributed by atoms with E-state index in [1.54, 1.807) is 6.07 Å². The van der Waals surface area contributed by atoms with Gasteiger partial charge in [-0.3, -0.25) is 9.69 Å². The summed E-state index contributed by atoms with van der Waals surface area (Å²) in [5.41, 5.74) is 7.01. The quantitative estimate of drug-likeness (QED) is 0.893. The van der Waals surface area contributed by atoms with Crippen molar-refractivity contribution in [1.29, 1.82) is 0 Å². The first-order valence-corrected chi connectivity index (χ1v) is 6.45. The average Bonchev–Trinajstić information content (AvgIpc) is 2.28. The number of amides is 1. The Bertz CT molecular complexity index is 473. The smallest absolute Gasteiger partial charge is 0.238 e. The van der Waals surface area contributed by atoms with Crippen LogP contribution < -0.4 is 11.1 Å². The lowest BCUT2D eigenvalue weighted by Gasteiger charge is -2.36. The molecule has 0 saturated carbocycles. The molecule has 1 heterocycles. The van der Waals surface area contributed by atoms with Crippen molar-refractivity contribution in [2.24, 2.45) is 5.73 Å². The van der Waals surface area contributed by atoms with E-state index in [1.807, 2.05) is 17.9 Å². The van der Waals surface area contributed by atoms with Gasteiger partial charge in [-0.15, -0.1) is 0 Å². The minimum atomic E-state index is -0.128. The van der Waals surface area contributed by atoms with Gasteiger partial charge in [0.1, 0.15) is 0 Å². The Labute approximate surface area is 116 Å². The first kappa shape index (κ1) is 13.6. The molecule has 0 aliphatic carbocycles. The number of anilines is 1. The summed E-state index contributed by atoms with van der Waals surface area (Å²) >= 11 is 12.1. The van der Waals surface area contributed by atoms with Crippen LogP contribution in [-0.4, -0.2) is 36.5 Å². The summed E-state index contributed by atoms with van der Waals surface area (Å²) in [6.07, 6.45) is 0. The lowest BCUT2D eigenvalue weighted by atomic mass is 10.1. The van der Waals surface area contributed by atoms with Crippen molar-refractivity contribution in [2.45, 2.75) is 13.0 Å². The zero-order valence-corrected chi connectivity index (χ0v) is 11.6. The second kappa shape index (κ2) is 5.45. The molecule has 4 nitrogen and oxygen atoms in total. The highest BCUT2D eigenvalue weighted by molar-refractivity contribution is 6.40. The van der Waals surface area contributed by atoms with Gasteiger partial charge in [0.15, 0.2) is 0 Å². The molecule has 98 valence electrons. The van der Waals surface area contributed by atoms with Gasteiger partial charge < -0.3 is 11.1 Å². The lowest BCUT2D eigenvalue weighted by molar-refractivity contribution is -0.118. The molecule has 0 atom stereocenters. The fraction of sp³-hybridized carbons (Fsp3) is 0.417. The topological polar surface area (TPSA) is 58.4 Å². The molecule has 0 radical (unpaired) electrons. The van der Waals surface area contributed by atoms with Gasteiger partial charge >= 0.3 is 0 Å². The van der Waals surface area contributed by atoms with Crippen molar-refractivity contribution in [3.05, 3.63) is 27.7 Å². The van der Waals surface area contributed by atoms with Gasteiger partial charge in [-0.05, 0) is 18.6 Å². The second-order valence-electron chi connectivity index (χ2n) is 4.56. The van der Waals surface area contributed by atoms with Crippen LogP contribution in [0.1, 0.15) is 5.56 Å². The summed E-state index contributed by atoms with van der Waals surface area (Å²) in [7, 11) is 0. The van der Waals surface area contributed by atoms with Gasteiger partial charge in [-0.2, -0.15) is 0 Å². The number of likely N-dealkylation sites (tertiary alicyclic amines) is 1. The maximum absolute atomic E-state index is 11.8. The third-order valence-corrected chi connectivity index (χ3v) is 3.70. The lowest BCUT2D eigenvalue weighted by Crippen LogP contribution is -2.57. The van der Waals surface area contributed by atoms with E-state index in [9.17, 15) is 4.79 Å². The van der Waals surface area contributed by atoms with Crippen LogP contribution in [0.25, 0.3) is 0 Å². The molecule has 1 fully saturated rings. The Morgan fingerprint density at radius 3 is 2.78 bits per heavy atom. The molecule has 1 aromatic rings. The summed E-state index contributed by atoms with van der Waals surface area (Å²) in [5, 5.41) is 3.67. The number of aryl methyl sites for hydroxylation is 1. The number of hydrogen-bond donors (Lipinski definition) is 2. The number of rotatable bonds is 3. The van der Waals surface area contributed by atoms with E-state index in [0.717, 1.165) is 18.7 Å². The first-order valence-electron chi connectivity index (χ1n) is 5.69. The Kier molecular flexibility index (Phi) is 4.12. The van der Waals surface area contributed by atoms with Gasteiger partial charge in [0.05, 0.1) is 22.3 Å². The Morgan fingerprint density at radius 1 is 1.50 bits per heavy atom. The van der Waals surface area contributed by atoms with E-state index in [1.165, 1.54) is 0 Å². The van der Waals surface area contributed by atoms with Gasteiger partial charge in [-0.25, -0.2) is 0 Å². The van der Waals surface area contributed by atoms with Gasteiger partial charge in [0.25, 0.3) is 0 Å². The molecule has 2 rings (SSSR count). The van der Waals surface area contributed by atoms with Crippen LogP contribution in [-0.2, 0) is 4.79 Å². The maximum atomic E-state index is 11.8. The van der Waals surface area contributed by atoms with Gasteiger partial charge in [-0.1, -0.05) is 29.3 Å². The van der Waals surface area contributed by atoms with Crippen LogP contribution >= 0.6 is 23.2 Å². The fourth-order valence-corrected chi connectivity index (χ4v) is 2.36. The highest BCUT2D eigenvalue weighted by Crippen LogP contribution is 2.32. The zero-order chi connectivity index (χ0) is 13.3. The standard InChI is InChI=1S/C12H15Cl2N3O/c1-7-2-3-9(13)12(11(7)14)16-10(18)6-17-4-8(15)5-17/h2-3,8H,4-6,15H2,1H3,(H,16,18). The van der Waals surface area contributed by atoms with Crippen LogP contribution in [0.5, 0.6) is 0 Å². The molecule has 1 aliphatic rings. The molecular weight excluding hydrogens is 273 g/mol. The van der Waals surface area contributed by atoms with Crippen LogP contribution in [0.15, 0.2) is 12.1 Å². The number of benzene rings is 1. The highest BCUT2D eigenvalue weighted by Gasteiger charge is 2.25. The minimum Gasteiger partial charge on any atom is -0.325 e. The Hall–Kier alpha value is -0.810. The number of carbonyl (C=O) groups excluding carboxylic acids is 1. The molecule has 0 bridgehead atoms. The zero-order valence-electron chi connectivity index (χ0n) is 10.0. The number of carbonyl (C=O) groups is 1. The van der Waals surface area contributed by atoms with E-state index in [-0.39, 0.29) is 11.9 Å². The number of nitrogens with two attached hydrogens (primary N) is 1. The molecule has 1 amide bonds. The van der Waals surface area contributed by atoms with Crippen LogP contribution in [0.4, 0.5) is 5.69 Å². The predicted molar refractivity (Wildman–Crippen MR) is 74.2 cm³/mol. The third kappa shape index (κ3) is 2.95. The summed E-state index contributed by atoms with van der Waals surface area (Å²) < 4.78 is 0. The van der Waals surface area contributed by atoms with Crippen LogP contribution in [0, 0.1) is 6.92 Å².